The second-order valence-electron chi connectivity index (χ2n) is 6.26. The van der Waals surface area contributed by atoms with E-state index >= 15 is 0 Å². The van der Waals surface area contributed by atoms with Crippen LogP contribution in [0.15, 0.2) is 24.3 Å². The van der Waals surface area contributed by atoms with Crippen molar-refractivity contribution in [2.75, 3.05) is 39.4 Å². The smallest absolute Gasteiger partial charge is 0.317 e. The normalized spacial score (nSPS) is 21.7. The van der Waals surface area contributed by atoms with Crippen LogP contribution in [0.5, 0.6) is 0 Å². The van der Waals surface area contributed by atoms with Crippen LogP contribution in [0, 0.1) is 5.82 Å². The van der Waals surface area contributed by atoms with Crippen molar-refractivity contribution in [1.29, 1.82) is 0 Å². The minimum absolute atomic E-state index is 0.0381. The molecule has 0 aliphatic carbocycles. The zero-order valence-electron chi connectivity index (χ0n) is 13.3. The largest absolute Gasteiger partial charge is 0.378 e. The highest BCUT2D eigenvalue weighted by molar-refractivity contribution is 7.19. The quantitative estimate of drug-likeness (QED) is 0.905. The van der Waals surface area contributed by atoms with Crippen LogP contribution in [0.3, 0.4) is 0 Å². The monoisotopic (exact) mass is 349 g/mol. The van der Waals surface area contributed by atoms with Crippen LogP contribution < -0.4 is 5.32 Å². The van der Waals surface area contributed by atoms with Gasteiger partial charge < -0.3 is 15.0 Å². The molecule has 24 heavy (non-hydrogen) atoms. The van der Waals surface area contributed by atoms with Gasteiger partial charge in [-0.05, 0) is 29.7 Å². The molecule has 0 spiro atoms. The van der Waals surface area contributed by atoms with Crippen LogP contribution in [0.1, 0.15) is 4.88 Å². The molecule has 3 heterocycles. The van der Waals surface area contributed by atoms with Crippen LogP contribution in [-0.2, 0) is 11.3 Å². The lowest BCUT2D eigenvalue weighted by atomic mass is 10.1. The molecule has 2 aliphatic rings. The maximum atomic E-state index is 13.3. The second-order valence-corrected chi connectivity index (χ2v) is 7.43. The highest BCUT2D eigenvalue weighted by atomic mass is 32.1. The van der Waals surface area contributed by atoms with Gasteiger partial charge in [-0.15, -0.1) is 11.3 Å². The van der Waals surface area contributed by atoms with Gasteiger partial charge in [0.2, 0.25) is 0 Å². The summed E-state index contributed by atoms with van der Waals surface area (Å²) in [4.78, 5) is 17.7. The Kier molecular flexibility index (Phi) is 4.39. The number of hydrogen-bond acceptors (Lipinski definition) is 4. The van der Waals surface area contributed by atoms with E-state index in [1.54, 1.807) is 17.4 Å². The minimum atomic E-state index is -0.233. The molecule has 5 nitrogen and oxygen atoms in total. The van der Waals surface area contributed by atoms with Crippen LogP contribution in [0.4, 0.5) is 9.18 Å². The maximum absolute atomic E-state index is 13.3. The molecule has 2 aromatic rings. The van der Waals surface area contributed by atoms with Crippen molar-refractivity contribution in [1.82, 2.24) is 15.1 Å². The number of nitrogens with zero attached hydrogens (tertiary/aromatic N) is 2. The Morgan fingerprint density at radius 1 is 1.33 bits per heavy atom. The van der Waals surface area contributed by atoms with Gasteiger partial charge in [0.25, 0.3) is 0 Å². The Labute approximate surface area is 144 Å². The summed E-state index contributed by atoms with van der Waals surface area (Å²) < 4.78 is 19.8. The van der Waals surface area contributed by atoms with Crippen molar-refractivity contribution >= 4 is 27.5 Å². The number of fused-ring (bicyclic) bond motifs is 2. The molecule has 7 heteroatoms. The average Bonchev–Trinajstić information content (AvgIpc) is 3.01. The van der Waals surface area contributed by atoms with Crippen LogP contribution in [0.2, 0.25) is 0 Å². The maximum Gasteiger partial charge on any atom is 0.317 e. The Hall–Kier alpha value is -1.70. The molecule has 2 amide bonds. The fourth-order valence-electron chi connectivity index (χ4n) is 3.36. The number of urea groups is 1. The molecule has 0 bridgehead atoms. The number of morpholine rings is 1. The third-order valence-electron chi connectivity index (χ3n) is 4.67. The number of amides is 2. The molecule has 0 saturated carbocycles. The van der Waals surface area contributed by atoms with Gasteiger partial charge in [-0.2, -0.15) is 0 Å². The molecule has 128 valence electrons. The van der Waals surface area contributed by atoms with Gasteiger partial charge in [-0.1, -0.05) is 0 Å². The first-order chi connectivity index (χ1) is 11.7. The summed E-state index contributed by atoms with van der Waals surface area (Å²) in [5.74, 6) is -0.233. The molecule has 0 radical (unpaired) electrons. The van der Waals surface area contributed by atoms with Crippen molar-refractivity contribution in [3.8, 4) is 0 Å². The molecule has 1 atom stereocenters. The number of piperazine rings is 1. The van der Waals surface area contributed by atoms with E-state index in [1.165, 1.54) is 12.1 Å². The fraction of sp³-hybridized carbons (Fsp3) is 0.471. The van der Waals surface area contributed by atoms with Gasteiger partial charge in [0, 0.05) is 35.8 Å². The number of rotatable bonds is 2. The first kappa shape index (κ1) is 15.8. The summed E-state index contributed by atoms with van der Waals surface area (Å²) in [6, 6.07) is 6.99. The van der Waals surface area contributed by atoms with Gasteiger partial charge >= 0.3 is 6.03 Å². The van der Waals surface area contributed by atoms with Gasteiger partial charge in [0.05, 0.1) is 25.8 Å². The minimum Gasteiger partial charge on any atom is -0.378 e. The molecule has 0 unspecified atom stereocenters. The number of carbonyl (C=O) groups is 1. The zero-order valence-corrected chi connectivity index (χ0v) is 14.2. The number of halogens is 1. The molecular formula is C17H20FN3O2S. The van der Waals surface area contributed by atoms with E-state index in [2.05, 4.69) is 10.2 Å². The van der Waals surface area contributed by atoms with E-state index in [0.717, 1.165) is 41.2 Å². The number of carbonyl (C=O) groups excluding carboxylic acids is 1. The number of hydrogen-bond donors (Lipinski definition) is 1. The first-order valence-corrected chi connectivity index (χ1v) is 9.03. The van der Waals surface area contributed by atoms with Crippen LogP contribution in [-0.4, -0.2) is 61.3 Å². The molecule has 4 rings (SSSR count). The third-order valence-corrected chi connectivity index (χ3v) is 5.78. The molecule has 2 saturated heterocycles. The second kappa shape index (κ2) is 6.66. The Balaban J connectivity index is 1.35. The van der Waals surface area contributed by atoms with Gasteiger partial charge in [-0.25, -0.2) is 9.18 Å². The molecular weight excluding hydrogens is 329 g/mol. The van der Waals surface area contributed by atoms with E-state index < -0.39 is 0 Å². The standard InChI is InChI=1S/C17H20FN3O2S/c18-13-1-2-16-12(7-13)8-15(24-16)9-19-17(22)21-4-3-20-5-6-23-11-14(20)10-21/h1-2,7-8,14H,3-6,9-11H2,(H,19,22)/t14-/m1/s1. The predicted octanol–water partition coefficient (Wildman–Crippen LogP) is 2.27. The highest BCUT2D eigenvalue weighted by Crippen LogP contribution is 2.26. The molecule has 1 aromatic heterocycles. The SMILES string of the molecule is O=C(NCc1cc2cc(F)ccc2s1)N1CCN2CCOC[C@H]2C1. The van der Waals surface area contributed by atoms with E-state index in [0.29, 0.717) is 25.7 Å². The topological polar surface area (TPSA) is 44.8 Å². The first-order valence-electron chi connectivity index (χ1n) is 8.21. The number of nitrogens with one attached hydrogen (secondary N) is 1. The van der Waals surface area contributed by atoms with Crippen molar-refractivity contribution in [2.24, 2.45) is 0 Å². The lowest BCUT2D eigenvalue weighted by molar-refractivity contribution is -0.0365. The summed E-state index contributed by atoms with van der Waals surface area (Å²) in [6.45, 7) is 5.29. The van der Waals surface area contributed by atoms with Crippen molar-refractivity contribution < 1.29 is 13.9 Å². The summed E-state index contributed by atoms with van der Waals surface area (Å²) in [5, 5.41) is 3.87. The summed E-state index contributed by atoms with van der Waals surface area (Å²) in [6.07, 6.45) is 0. The molecule has 2 fully saturated rings. The van der Waals surface area contributed by atoms with Crippen molar-refractivity contribution in [3.05, 3.63) is 35.0 Å². The lowest BCUT2D eigenvalue weighted by Crippen LogP contribution is -2.60. The van der Waals surface area contributed by atoms with Gasteiger partial charge in [0.15, 0.2) is 0 Å². The van der Waals surface area contributed by atoms with Crippen molar-refractivity contribution in [2.45, 2.75) is 12.6 Å². The Bertz CT molecular complexity index is 751. The van der Waals surface area contributed by atoms with E-state index in [-0.39, 0.29) is 11.8 Å². The number of benzene rings is 1. The predicted molar refractivity (Wildman–Crippen MR) is 91.8 cm³/mol. The van der Waals surface area contributed by atoms with E-state index in [9.17, 15) is 9.18 Å². The highest BCUT2D eigenvalue weighted by Gasteiger charge is 2.31. The van der Waals surface area contributed by atoms with E-state index in [1.807, 2.05) is 11.0 Å². The Morgan fingerprint density at radius 3 is 3.17 bits per heavy atom. The number of thiophene rings is 1. The fourth-order valence-corrected chi connectivity index (χ4v) is 4.35. The average molecular weight is 349 g/mol. The van der Waals surface area contributed by atoms with Crippen molar-refractivity contribution in [3.63, 3.8) is 0 Å². The summed E-state index contributed by atoms with van der Waals surface area (Å²) in [5.41, 5.74) is 0. The summed E-state index contributed by atoms with van der Waals surface area (Å²) >= 11 is 1.58. The molecule has 1 N–H and O–H groups in total. The van der Waals surface area contributed by atoms with Crippen LogP contribution in [0.25, 0.3) is 10.1 Å². The van der Waals surface area contributed by atoms with Gasteiger partial charge in [0.1, 0.15) is 5.82 Å². The zero-order chi connectivity index (χ0) is 16.5. The third kappa shape index (κ3) is 3.24. The lowest BCUT2D eigenvalue weighted by Gasteiger charge is -2.43. The van der Waals surface area contributed by atoms with E-state index in [4.69, 9.17) is 4.74 Å². The summed E-state index contributed by atoms with van der Waals surface area (Å²) in [7, 11) is 0. The van der Waals surface area contributed by atoms with Gasteiger partial charge in [-0.3, -0.25) is 4.90 Å². The Morgan fingerprint density at radius 2 is 2.25 bits per heavy atom. The molecule has 2 aliphatic heterocycles. The number of ether oxygens (including phenoxy) is 1. The molecule has 1 aromatic carbocycles. The van der Waals surface area contributed by atoms with Crippen LogP contribution >= 0.6 is 11.3 Å².